The van der Waals surface area contributed by atoms with Crippen LogP contribution in [0.1, 0.15) is 20.8 Å². The van der Waals surface area contributed by atoms with Gasteiger partial charge in [-0.25, -0.2) is 4.79 Å². The first-order valence-corrected chi connectivity index (χ1v) is 6.62. The highest BCUT2D eigenvalue weighted by atomic mass is 31.2. The van der Waals surface area contributed by atoms with Gasteiger partial charge in [-0.1, -0.05) is 0 Å². The average Bonchev–Trinajstić information content (AvgIpc) is 2.22. The summed E-state index contributed by atoms with van der Waals surface area (Å²) in [6.45, 7) is 4.84. The summed E-state index contributed by atoms with van der Waals surface area (Å²) in [5.41, 5.74) is -0.638. The maximum Gasteiger partial charge on any atom is 0.407 e. The van der Waals surface area contributed by atoms with Crippen molar-refractivity contribution in [1.29, 1.82) is 0 Å². The molecule has 8 heteroatoms. The van der Waals surface area contributed by atoms with Crippen LogP contribution in [0.15, 0.2) is 0 Å². The summed E-state index contributed by atoms with van der Waals surface area (Å²) in [5.74, 6) is -1.44. The Kier molecular flexibility index (Phi) is 6.12. The number of nitrogens with one attached hydrogen (secondary N) is 1. The van der Waals surface area contributed by atoms with Crippen LogP contribution in [0.3, 0.4) is 0 Å². The van der Waals surface area contributed by atoms with Crippen LogP contribution in [0.2, 0.25) is 0 Å². The molecule has 2 N–H and O–H groups in total. The van der Waals surface area contributed by atoms with E-state index in [-0.39, 0.29) is 6.54 Å². The van der Waals surface area contributed by atoms with Gasteiger partial charge in [-0.2, -0.15) is 0 Å². The molecule has 0 aromatic carbocycles. The molecule has 1 atom stereocenters. The zero-order valence-corrected chi connectivity index (χ0v) is 11.6. The van der Waals surface area contributed by atoms with E-state index in [9.17, 15) is 14.5 Å². The minimum Gasteiger partial charge on any atom is -0.444 e. The Morgan fingerprint density at radius 2 is 1.82 bits per heavy atom. The Morgan fingerprint density at radius 1 is 1.35 bits per heavy atom. The quantitative estimate of drug-likeness (QED) is 0.731. The van der Waals surface area contributed by atoms with Crippen molar-refractivity contribution in [2.24, 2.45) is 0 Å². The number of carbonyl (C=O) groups excluding carboxylic acids is 1. The molecular weight excluding hydrogens is 249 g/mol. The molecule has 0 aliphatic rings. The van der Waals surface area contributed by atoms with E-state index in [1.165, 1.54) is 0 Å². The van der Waals surface area contributed by atoms with Gasteiger partial charge in [-0.05, 0) is 20.8 Å². The van der Waals surface area contributed by atoms with E-state index < -0.39 is 25.1 Å². The van der Waals surface area contributed by atoms with Gasteiger partial charge in [0.2, 0.25) is 0 Å². The van der Waals surface area contributed by atoms with E-state index in [4.69, 9.17) is 4.74 Å². The number of aliphatic hydroxyl groups is 1. The minimum atomic E-state index is -3.59. The number of amides is 1. The third-order valence-corrected chi connectivity index (χ3v) is 3.63. The summed E-state index contributed by atoms with van der Waals surface area (Å²) in [4.78, 5) is 11.3. The average molecular weight is 269 g/mol. The molecule has 0 saturated heterocycles. The van der Waals surface area contributed by atoms with Gasteiger partial charge in [-0.3, -0.25) is 4.57 Å². The first-order chi connectivity index (χ1) is 7.64. The van der Waals surface area contributed by atoms with Gasteiger partial charge in [0.05, 0.1) is 6.54 Å². The van der Waals surface area contributed by atoms with Crippen LogP contribution in [-0.2, 0) is 18.3 Å². The van der Waals surface area contributed by atoms with Crippen molar-refractivity contribution < 1.29 is 28.3 Å². The first-order valence-electron chi connectivity index (χ1n) is 5.00. The Morgan fingerprint density at radius 3 is 2.18 bits per heavy atom. The second kappa shape index (κ2) is 6.35. The Balaban J connectivity index is 4.21. The second-order valence-corrected chi connectivity index (χ2v) is 6.67. The standard InChI is InChI=1S/C9H20NO6P/c1-9(2,3)16-8(12)10-6-7(11)17(13,14-4)15-5/h7,11H,6H2,1-5H3,(H,10,12)/t7-/m1/s1. The largest absolute Gasteiger partial charge is 0.444 e. The van der Waals surface area contributed by atoms with E-state index >= 15 is 0 Å². The lowest BCUT2D eigenvalue weighted by Crippen LogP contribution is -2.37. The molecule has 1 amide bonds. The third-order valence-electron chi connectivity index (χ3n) is 1.70. The van der Waals surface area contributed by atoms with E-state index in [1.54, 1.807) is 20.8 Å². The predicted molar refractivity (Wildman–Crippen MR) is 61.9 cm³/mol. The van der Waals surface area contributed by atoms with Crippen LogP contribution in [0.25, 0.3) is 0 Å². The fraction of sp³-hybridized carbons (Fsp3) is 0.889. The molecule has 0 saturated carbocycles. The fourth-order valence-corrected chi connectivity index (χ4v) is 1.87. The van der Waals surface area contributed by atoms with Crippen molar-refractivity contribution >= 4 is 13.7 Å². The molecule has 0 aromatic rings. The van der Waals surface area contributed by atoms with Crippen molar-refractivity contribution in [2.45, 2.75) is 32.2 Å². The lowest BCUT2D eigenvalue weighted by Gasteiger charge is -2.22. The Bertz CT molecular complexity index is 292. The molecule has 0 rings (SSSR count). The second-order valence-electron chi connectivity index (χ2n) is 4.27. The summed E-state index contributed by atoms with van der Waals surface area (Å²) < 4.78 is 25.7. The van der Waals surface area contributed by atoms with E-state index in [0.717, 1.165) is 14.2 Å². The van der Waals surface area contributed by atoms with Gasteiger partial charge in [0.25, 0.3) is 0 Å². The highest BCUT2D eigenvalue weighted by molar-refractivity contribution is 7.54. The van der Waals surface area contributed by atoms with Gasteiger partial charge in [0.1, 0.15) is 5.60 Å². The maximum atomic E-state index is 11.7. The summed E-state index contributed by atoms with van der Waals surface area (Å²) in [7, 11) is -1.29. The summed E-state index contributed by atoms with van der Waals surface area (Å²) in [5, 5.41) is 11.8. The smallest absolute Gasteiger partial charge is 0.407 e. The molecule has 0 radical (unpaired) electrons. The van der Waals surface area contributed by atoms with Gasteiger partial charge in [0.15, 0.2) is 5.85 Å². The van der Waals surface area contributed by atoms with E-state index in [0.29, 0.717) is 0 Å². The van der Waals surface area contributed by atoms with Crippen LogP contribution in [0, 0.1) is 0 Å². The number of ether oxygens (including phenoxy) is 1. The molecule has 102 valence electrons. The maximum absolute atomic E-state index is 11.7. The van der Waals surface area contributed by atoms with Crippen LogP contribution >= 0.6 is 7.60 Å². The van der Waals surface area contributed by atoms with E-state index in [1.807, 2.05) is 0 Å². The molecule has 0 spiro atoms. The minimum absolute atomic E-state index is 0.284. The molecule has 0 fully saturated rings. The number of alkyl carbamates (subject to hydrolysis) is 1. The van der Waals surface area contributed by atoms with Gasteiger partial charge >= 0.3 is 13.7 Å². The topological polar surface area (TPSA) is 94.1 Å². The number of hydrogen-bond acceptors (Lipinski definition) is 6. The molecule has 17 heavy (non-hydrogen) atoms. The number of carbonyl (C=O) groups is 1. The van der Waals surface area contributed by atoms with Gasteiger partial charge in [-0.15, -0.1) is 0 Å². The highest BCUT2D eigenvalue weighted by Crippen LogP contribution is 2.50. The van der Waals surface area contributed by atoms with Crippen LogP contribution in [0.4, 0.5) is 4.79 Å². The summed E-state index contributed by atoms with van der Waals surface area (Å²) in [6, 6.07) is 0. The normalized spacial score (nSPS) is 14.2. The predicted octanol–water partition coefficient (Wildman–Crippen LogP) is 1.32. The SMILES string of the molecule is COP(=O)(OC)[C@@H](O)CNC(=O)OC(C)(C)C. The van der Waals surface area contributed by atoms with E-state index in [2.05, 4.69) is 14.4 Å². The van der Waals surface area contributed by atoms with Crippen molar-refractivity contribution in [3.63, 3.8) is 0 Å². The number of hydrogen-bond donors (Lipinski definition) is 2. The first kappa shape index (κ1) is 16.4. The molecule has 0 heterocycles. The number of rotatable bonds is 5. The van der Waals surface area contributed by atoms with Crippen molar-refractivity contribution in [3.8, 4) is 0 Å². The summed E-state index contributed by atoms with van der Waals surface area (Å²) in [6.07, 6.45) is -0.713. The zero-order chi connectivity index (χ0) is 13.7. The van der Waals surface area contributed by atoms with Gasteiger partial charge < -0.3 is 24.2 Å². The molecule has 0 aliphatic carbocycles. The molecule has 0 bridgehead atoms. The molecular formula is C9H20NO6P. The molecule has 7 nitrogen and oxygen atoms in total. The third kappa shape index (κ3) is 6.02. The molecule has 0 aliphatic heterocycles. The molecule has 0 aromatic heterocycles. The highest BCUT2D eigenvalue weighted by Gasteiger charge is 2.32. The monoisotopic (exact) mass is 269 g/mol. The van der Waals surface area contributed by atoms with Crippen LogP contribution in [0.5, 0.6) is 0 Å². The van der Waals surface area contributed by atoms with Crippen molar-refractivity contribution in [1.82, 2.24) is 5.32 Å². The lowest BCUT2D eigenvalue weighted by atomic mass is 10.2. The molecule has 0 unspecified atom stereocenters. The van der Waals surface area contributed by atoms with Crippen LogP contribution < -0.4 is 5.32 Å². The van der Waals surface area contributed by atoms with Crippen LogP contribution in [-0.4, -0.2) is 43.4 Å². The zero-order valence-electron chi connectivity index (χ0n) is 10.7. The van der Waals surface area contributed by atoms with Crippen molar-refractivity contribution in [3.05, 3.63) is 0 Å². The Labute approximate surface area is 101 Å². The summed E-state index contributed by atoms with van der Waals surface area (Å²) >= 11 is 0. The van der Waals surface area contributed by atoms with Crippen molar-refractivity contribution in [2.75, 3.05) is 20.8 Å². The van der Waals surface area contributed by atoms with Gasteiger partial charge in [0, 0.05) is 14.2 Å². The fourth-order valence-electron chi connectivity index (χ4n) is 0.918. The lowest BCUT2D eigenvalue weighted by molar-refractivity contribution is 0.0505. The number of aliphatic hydroxyl groups excluding tert-OH is 1. The Hall–Kier alpha value is -0.620.